The van der Waals surface area contributed by atoms with Crippen molar-refractivity contribution in [3.05, 3.63) is 6.26 Å². The first-order chi connectivity index (χ1) is 3.31. The Morgan fingerprint density at radius 1 is 2.00 bits per heavy atom. The normalized spacial score (nSPS) is 12.7. The summed E-state index contributed by atoms with van der Waals surface area (Å²) in [5, 5.41) is 0. The zero-order chi connectivity index (χ0) is 5.70. The molecule has 0 aliphatic heterocycles. The van der Waals surface area contributed by atoms with E-state index in [2.05, 4.69) is 12.2 Å². The van der Waals surface area contributed by atoms with Crippen LogP contribution in [0, 0.1) is 24.5 Å². The van der Waals surface area contributed by atoms with E-state index in [1.807, 2.05) is 6.92 Å². The lowest BCUT2D eigenvalue weighted by atomic mass is 10.2. The average molecular weight is 113 g/mol. The second-order valence-electron chi connectivity index (χ2n) is 1.44. The molecule has 0 aliphatic carbocycles. The Morgan fingerprint density at radius 3 is 2.71 bits per heavy atom. The van der Waals surface area contributed by atoms with Crippen LogP contribution < -0.4 is 0 Å². The molecule has 1 radical (unpaired) electrons. The molecular formula is C6H9S. The van der Waals surface area contributed by atoms with E-state index in [0.29, 0.717) is 5.92 Å². The highest BCUT2D eigenvalue weighted by Gasteiger charge is 1.90. The molecule has 0 rings (SSSR count). The Hall–Kier alpha value is -0.0900. The molecule has 0 aromatic heterocycles. The van der Waals surface area contributed by atoms with Crippen LogP contribution in [-0.4, -0.2) is 5.75 Å². The van der Waals surface area contributed by atoms with Crippen LogP contribution in [0.5, 0.6) is 0 Å². The van der Waals surface area contributed by atoms with Crippen LogP contribution in [0.1, 0.15) is 6.92 Å². The third kappa shape index (κ3) is 3.75. The minimum Gasteiger partial charge on any atom is -0.160 e. The fourth-order valence-corrected chi connectivity index (χ4v) is 0.675. The number of hydrogen-bond donors (Lipinski definition) is 0. The van der Waals surface area contributed by atoms with Gasteiger partial charge in [-0.15, -0.1) is 12.3 Å². The van der Waals surface area contributed by atoms with E-state index in [-0.39, 0.29) is 0 Å². The second-order valence-corrected chi connectivity index (χ2v) is 2.18. The van der Waals surface area contributed by atoms with Gasteiger partial charge in [-0.05, 0) is 0 Å². The van der Waals surface area contributed by atoms with Crippen molar-refractivity contribution >= 4 is 11.8 Å². The number of rotatable bonds is 2. The Labute approximate surface area is 49.7 Å². The molecule has 0 fully saturated rings. The van der Waals surface area contributed by atoms with E-state index in [0.717, 1.165) is 5.75 Å². The topological polar surface area (TPSA) is 0 Å². The third-order valence-corrected chi connectivity index (χ3v) is 1.39. The van der Waals surface area contributed by atoms with E-state index < -0.39 is 0 Å². The Bertz CT molecular complexity index is 70.7. The lowest BCUT2D eigenvalue weighted by Crippen LogP contribution is -1.90. The molecule has 0 saturated carbocycles. The molecule has 0 spiro atoms. The summed E-state index contributed by atoms with van der Waals surface area (Å²) in [6, 6.07) is 0. The highest BCUT2D eigenvalue weighted by Crippen LogP contribution is 2.02. The monoisotopic (exact) mass is 113 g/mol. The lowest BCUT2D eigenvalue weighted by molar-refractivity contribution is 0.885. The van der Waals surface area contributed by atoms with Gasteiger partial charge in [0.05, 0.1) is 0 Å². The summed E-state index contributed by atoms with van der Waals surface area (Å²) in [5.41, 5.74) is 0. The fraction of sp³-hybridized carbons (Fsp3) is 0.500. The largest absolute Gasteiger partial charge is 0.160 e. The van der Waals surface area contributed by atoms with Gasteiger partial charge in [-0.25, -0.2) is 0 Å². The van der Waals surface area contributed by atoms with Crippen molar-refractivity contribution in [2.45, 2.75) is 6.92 Å². The van der Waals surface area contributed by atoms with E-state index in [1.165, 1.54) is 0 Å². The highest BCUT2D eigenvalue weighted by molar-refractivity contribution is 8.00. The standard InChI is InChI=1S/C6H9S/c1-4-6(2)5-7-3/h1,6H,3,5H2,2H3. The van der Waals surface area contributed by atoms with E-state index >= 15 is 0 Å². The average Bonchev–Trinajstić information content (AvgIpc) is 1.68. The van der Waals surface area contributed by atoms with Crippen LogP contribution >= 0.6 is 11.8 Å². The molecule has 0 saturated heterocycles. The van der Waals surface area contributed by atoms with Gasteiger partial charge in [0, 0.05) is 17.9 Å². The van der Waals surface area contributed by atoms with E-state index in [1.54, 1.807) is 11.8 Å². The molecule has 1 heteroatoms. The van der Waals surface area contributed by atoms with Crippen LogP contribution in [0.25, 0.3) is 0 Å². The molecule has 1 unspecified atom stereocenters. The SMILES string of the molecule is C#CC(C)CS[CH2]. The number of hydrogen-bond acceptors (Lipinski definition) is 1. The van der Waals surface area contributed by atoms with Gasteiger partial charge in [0.15, 0.2) is 0 Å². The summed E-state index contributed by atoms with van der Waals surface area (Å²) < 4.78 is 0. The zero-order valence-electron chi connectivity index (χ0n) is 4.48. The maximum Gasteiger partial charge on any atom is 0.0262 e. The number of terminal acetylenes is 1. The smallest absolute Gasteiger partial charge is 0.0262 e. The number of thioether (sulfide) groups is 1. The Balaban J connectivity index is 3.04. The van der Waals surface area contributed by atoms with Crippen molar-refractivity contribution < 1.29 is 0 Å². The van der Waals surface area contributed by atoms with Crippen molar-refractivity contribution in [2.75, 3.05) is 5.75 Å². The van der Waals surface area contributed by atoms with Gasteiger partial charge in [0.2, 0.25) is 0 Å². The molecule has 0 aromatic rings. The Morgan fingerprint density at radius 2 is 2.57 bits per heavy atom. The van der Waals surface area contributed by atoms with Gasteiger partial charge < -0.3 is 0 Å². The molecule has 0 heterocycles. The van der Waals surface area contributed by atoms with Gasteiger partial charge in [-0.3, -0.25) is 0 Å². The molecule has 0 N–H and O–H groups in total. The molecule has 1 atom stereocenters. The fourth-order valence-electron chi connectivity index (χ4n) is 0.225. The summed E-state index contributed by atoms with van der Waals surface area (Å²) in [4.78, 5) is 0. The predicted octanol–water partition coefficient (Wildman–Crippen LogP) is 1.78. The van der Waals surface area contributed by atoms with Crippen molar-refractivity contribution in [2.24, 2.45) is 5.92 Å². The van der Waals surface area contributed by atoms with Gasteiger partial charge in [0.25, 0.3) is 0 Å². The summed E-state index contributed by atoms with van der Waals surface area (Å²) in [6.07, 6.45) is 8.66. The Kier molecular flexibility index (Phi) is 4.03. The minimum absolute atomic E-state index is 0.377. The molecule has 0 amide bonds. The molecule has 39 valence electrons. The van der Waals surface area contributed by atoms with Crippen LogP contribution in [0.15, 0.2) is 0 Å². The molecule has 7 heavy (non-hydrogen) atoms. The van der Waals surface area contributed by atoms with Crippen molar-refractivity contribution in [1.29, 1.82) is 0 Å². The first kappa shape index (κ1) is 6.91. The second kappa shape index (κ2) is 4.08. The quantitative estimate of drug-likeness (QED) is 0.492. The van der Waals surface area contributed by atoms with Gasteiger partial charge in [0.1, 0.15) is 0 Å². The van der Waals surface area contributed by atoms with Crippen molar-refractivity contribution in [1.82, 2.24) is 0 Å². The highest BCUT2D eigenvalue weighted by atomic mass is 32.2. The molecule has 0 aliphatic rings. The minimum atomic E-state index is 0.377. The molecular weight excluding hydrogens is 104 g/mol. The maximum atomic E-state index is 5.07. The van der Waals surface area contributed by atoms with Crippen LogP contribution in [0.2, 0.25) is 0 Å². The summed E-state index contributed by atoms with van der Waals surface area (Å²) in [7, 11) is 0. The molecule has 0 aromatic carbocycles. The first-order valence-electron chi connectivity index (χ1n) is 2.14. The van der Waals surface area contributed by atoms with Crippen LogP contribution in [-0.2, 0) is 0 Å². The predicted molar refractivity (Wildman–Crippen MR) is 35.8 cm³/mol. The lowest BCUT2D eigenvalue weighted by Gasteiger charge is -1.95. The van der Waals surface area contributed by atoms with Crippen LogP contribution in [0.3, 0.4) is 0 Å². The van der Waals surface area contributed by atoms with E-state index in [9.17, 15) is 0 Å². The van der Waals surface area contributed by atoms with Gasteiger partial charge in [-0.1, -0.05) is 6.92 Å². The van der Waals surface area contributed by atoms with Gasteiger partial charge >= 0.3 is 0 Å². The molecule has 0 bridgehead atoms. The van der Waals surface area contributed by atoms with Crippen LogP contribution in [0.4, 0.5) is 0 Å². The summed E-state index contributed by atoms with van der Waals surface area (Å²) in [5.74, 6) is 3.95. The maximum absolute atomic E-state index is 5.07. The first-order valence-corrected chi connectivity index (χ1v) is 3.29. The van der Waals surface area contributed by atoms with Gasteiger partial charge in [-0.2, -0.15) is 11.8 Å². The van der Waals surface area contributed by atoms with E-state index in [4.69, 9.17) is 6.42 Å². The summed E-state index contributed by atoms with van der Waals surface area (Å²) >= 11 is 1.54. The van der Waals surface area contributed by atoms with Crippen molar-refractivity contribution in [3.8, 4) is 12.3 Å². The van der Waals surface area contributed by atoms with Crippen molar-refractivity contribution in [3.63, 3.8) is 0 Å². The third-order valence-electron chi connectivity index (χ3n) is 0.652. The molecule has 0 nitrogen and oxygen atoms in total. The zero-order valence-corrected chi connectivity index (χ0v) is 5.29. The summed E-state index contributed by atoms with van der Waals surface area (Å²) in [6.45, 7) is 2.01.